The molecule has 104 valence electrons. The van der Waals surface area contributed by atoms with E-state index in [9.17, 15) is 14.7 Å². The number of urea groups is 1. The van der Waals surface area contributed by atoms with E-state index in [-0.39, 0.29) is 25.2 Å². The number of aliphatic carboxylic acids is 1. The van der Waals surface area contributed by atoms with Crippen LogP contribution in [0.2, 0.25) is 0 Å². The summed E-state index contributed by atoms with van der Waals surface area (Å²) >= 11 is 0. The van der Waals surface area contributed by atoms with Crippen molar-refractivity contribution in [3.8, 4) is 0 Å². The van der Waals surface area contributed by atoms with Crippen LogP contribution in [0.3, 0.4) is 0 Å². The number of amides is 2. The number of aliphatic hydroxyl groups excluding tert-OH is 2. The Hall–Kier alpha value is -1.34. The van der Waals surface area contributed by atoms with Gasteiger partial charge in [0.2, 0.25) is 0 Å². The number of nitrogens with one attached hydrogen (secondary N) is 2. The Kier molecular flexibility index (Phi) is 5.87. The topological polar surface area (TPSA) is 119 Å². The highest BCUT2D eigenvalue weighted by Gasteiger charge is 2.23. The summed E-state index contributed by atoms with van der Waals surface area (Å²) in [7, 11) is 0. The summed E-state index contributed by atoms with van der Waals surface area (Å²) < 4.78 is 0. The number of carbonyl (C=O) groups is 2. The van der Waals surface area contributed by atoms with Gasteiger partial charge in [0, 0.05) is 19.1 Å². The predicted molar refractivity (Wildman–Crippen MR) is 63.1 cm³/mol. The Bertz CT molecular complexity index is 289. The molecule has 0 bridgehead atoms. The molecule has 0 aromatic rings. The molecule has 0 spiro atoms. The molecule has 1 aliphatic carbocycles. The minimum atomic E-state index is -1.17. The molecule has 18 heavy (non-hydrogen) atoms. The molecule has 1 rings (SSSR count). The first-order valence-corrected chi connectivity index (χ1v) is 6.11. The highest BCUT2D eigenvalue weighted by Crippen LogP contribution is 2.18. The Balaban J connectivity index is 2.33. The molecule has 5 N–H and O–H groups in total. The van der Waals surface area contributed by atoms with Crippen LogP contribution >= 0.6 is 0 Å². The molecule has 0 aromatic carbocycles. The zero-order valence-electron chi connectivity index (χ0n) is 10.1. The number of hydrogen-bond donors (Lipinski definition) is 5. The van der Waals surface area contributed by atoms with E-state index in [0.29, 0.717) is 25.7 Å². The molecule has 0 saturated heterocycles. The van der Waals surface area contributed by atoms with E-state index in [1.165, 1.54) is 0 Å². The molecule has 0 heterocycles. The Morgan fingerprint density at radius 3 is 2.33 bits per heavy atom. The average molecular weight is 260 g/mol. The number of aliphatic hydroxyl groups is 2. The van der Waals surface area contributed by atoms with E-state index >= 15 is 0 Å². The highest BCUT2D eigenvalue weighted by molar-refractivity contribution is 5.82. The largest absolute Gasteiger partial charge is 0.480 e. The molecule has 1 aliphatic rings. The van der Waals surface area contributed by atoms with Crippen LogP contribution in [0.25, 0.3) is 0 Å². The van der Waals surface area contributed by atoms with E-state index in [1.807, 2.05) is 0 Å². The summed E-state index contributed by atoms with van der Waals surface area (Å²) in [6.07, 6.45) is 2.34. The van der Waals surface area contributed by atoms with Crippen molar-refractivity contribution in [2.45, 2.75) is 50.3 Å². The lowest BCUT2D eigenvalue weighted by Gasteiger charge is -2.26. The van der Waals surface area contributed by atoms with Gasteiger partial charge in [-0.05, 0) is 25.7 Å². The van der Waals surface area contributed by atoms with E-state index in [4.69, 9.17) is 10.2 Å². The lowest BCUT2D eigenvalue weighted by Crippen LogP contribution is -2.50. The molecule has 2 amide bonds. The molecule has 0 aliphatic heterocycles. The number of carboxylic acids is 1. The molecular formula is C11H20N2O5. The third-order valence-corrected chi connectivity index (χ3v) is 3.05. The van der Waals surface area contributed by atoms with E-state index in [0.717, 1.165) is 0 Å². The highest BCUT2D eigenvalue weighted by atomic mass is 16.4. The maximum Gasteiger partial charge on any atom is 0.326 e. The number of carboxylic acid groups (broad SMARTS) is 1. The van der Waals surface area contributed by atoms with Crippen LogP contribution in [-0.4, -0.2) is 52.1 Å². The van der Waals surface area contributed by atoms with Gasteiger partial charge in [0.05, 0.1) is 6.10 Å². The van der Waals surface area contributed by atoms with Gasteiger partial charge in [0.15, 0.2) is 0 Å². The summed E-state index contributed by atoms with van der Waals surface area (Å²) in [6, 6.07) is -1.65. The third kappa shape index (κ3) is 4.89. The second-order valence-corrected chi connectivity index (χ2v) is 4.53. The second kappa shape index (κ2) is 7.17. The van der Waals surface area contributed by atoms with Crippen molar-refractivity contribution >= 4 is 12.0 Å². The monoisotopic (exact) mass is 260 g/mol. The van der Waals surface area contributed by atoms with Crippen LogP contribution in [0, 0.1) is 0 Å². The van der Waals surface area contributed by atoms with E-state index in [1.54, 1.807) is 0 Å². The van der Waals surface area contributed by atoms with Gasteiger partial charge in [-0.1, -0.05) is 0 Å². The molecule has 7 nitrogen and oxygen atoms in total. The summed E-state index contributed by atoms with van der Waals surface area (Å²) in [4.78, 5) is 22.3. The average Bonchev–Trinajstić information content (AvgIpc) is 2.31. The summed E-state index contributed by atoms with van der Waals surface area (Å²) in [5.74, 6) is -1.17. The van der Waals surface area contributed by atoms with Crippen molar-refractivity contribution < 1.29 is 24.9 Å². The first-order valence-electron chi connectivity index (χ1n) is 6.11. The predicted octanol–water partition coefficient (Wildman–Crippen LogP) is -0.575. The number of rotatable bonds is 5. The standard InChI is InChI=1S/C11H20N2O5/c14-6-5-9(10(16)17)13-11(18)12-7-1-3-8(15)4-2-7/h7-9,14-15H,1-6H2,(H,16,17)(H2,12,13,18)/t7?,8?,9-/m1/s1. The van der Waals surface area contributed by atoms with Crippen LogP contribution < -0.4 is 10.6 Å². The molecule has 1 atom stereocenters. The van der Waals surface area contributed by atoms with Gasteiger partial charge in [-0.3, -0.25) is 0 Å². The smallest absolute Gasteiger partial charge is 0.326 e. The van der Waals surface area contributed by atoms with Crippen LogP contribution in [0.15, 0.2) is 0 Å². The SMILES string of the molecule is O=C(NC1CCC(O)CC1)N[C@H](CCO)C(=O)O. The Morgan fingerprint density at radius 1 is 1.22 bits per heavy atom. The maximum atomic E-state index is 11.6. The number of hydrogen-bond acceptors (Lipinski definition) is 4. The second-order valence-electron chi connectivity index (χ2n) is 4.53. The maximum absolute atomic E-state index is 11.6. The van der Waals surface area contributed by atoms with Gasteiger partial charge in [-0.15, -0.1) is 0 Å². The fourth-order valence-electron chi connectivity index (χ4n) is 1.99. The lowest BCUT2D eigenvalue weighted by molar-refractivity contribution is -0.139. The van der Waals surface area contributed by atoms with E-state index < -0.39 is 18.0 Å². The molecule has 1 fully saturated rings. The minimum absolute atomic E-state index is 0.0217. The lowest BCUT2D eigenvalue weighted by atomic mass is 9.93. The van der Waals surface area contributed by atoms with Crippen LogP contribution in [-0.2, 0) is 4.79 Å². The first kappa shape index (κ1) is 14.7. The molecule has 7 heteroatoms. The molecule has 1 saturated carbocycles. The molecule has 0 radical (unpaired) electrons. The third-order valence-electron chi connectivity index (χ3n) is 3.05. The first-order chi connectivity index (χ1) is 8.52. The summed E-state index contributed by atoms with van der Waals surface area (Å²) in [6.45, 7) is -0.299. The number of carbonyl (C=O) groups excluding carboxylic acids is 1. The van der Waals surface area contributed by atoms with Crippen molar-refractivity contribution in [2.75, 3.05) is 6.61 Å². The molecule has 0 unspecified atom stereocenters. The van der Waals surface area contributed by atoms with Gasteiger partial charge in [0.25, 0.3) is 0 Å². The normalized spacial score (nSPS) is 25.2. The summed E-state index contributed by atoms with van der Waals surface area (Å²) in [5, 5.41) is 31.8. The fourth-order valence-corrected chi connectivity index (χ4v) is 1.99. The minimum Gasteiger partial charge on any atom is -0.480 e. The van der Waals surface area contributed by atoms with E-state index in [2.05, 4.69) is 10.6 Å². The van der Waals surface area contributed by atoms with Crippen molar-refractivity contribution in [2.24, 2.45) is 0 Å². The van der Waals surface area contributed by atoms with Gasteiger partial charge in [0.1, 0.15) is 6.04 Å². The van der Waals surface area contributed by atoms with Gasteiger partial charge in [-0.25, -0.2) is 9.59 Å². The van der Waals surface area contributed by atoms with Crippen molar-refractivity contribution in [3.05, 3.63) is 0 Å². The molecular weight excluding hydrogens is 240 g/mol. The van der Waals surface area contributed by atoms with Gasteiger partial charge in [-0.2, -0.15) is 0 Å². The fraction of sp³-hybridized carbons (Fsp3) is 0.818. The Labute approximate surface area is 105 Å². The van der Waals surface area contributed by atoms with Crippen molar-refractivity contribution in [1.82, 2.24) is 10.6 Å². The molecule has 0 aromatic heterocycles. The quantitative estimate of drug-likeness (QED) is 0.453. The van der Waals surface area contributed by atoms with Crippen LogP contribution in [0.1, 0.15) is 32.1 Å². The van der Waals surface area contributed by atoms with Crippen LogP contribution in [0.4, 0.5) is 4.79 Å². The van der Waals surface area contributed by atoms with Gasteiger partial charge >= 0.3 is 12.0 Å². The van der Waals surface area contributed by atoms with Gasteiger partial charge < -0.3 is 26.0 Å². The summed E-state index contributed by atoms with van der Waals surface area (Å²) in [5.41, 5.74) is 0. The van der Waals surface area contributed by atoms with Crippen molar-refractivity contribution in [1.29, 1.82) is 0 Å². The van der Waals surface area contributed by atoms with Crippen LogP contribution in [0.5, 0.6) is 0 Å². The zero-order valence-corrected chi connectivity index (χ0v) is 10.1. The zero-order chi connectivity index (χ0) is 13.5. The van der Waals surface area contributed by atoms with Crippen molar-refractivity contribution in [3.63, 3.8) is 0 Å². The Morgan fingerprint density at radius 2 is 1.83 bits per heavy atom.